The van der Waals surface area contributed by atoms with Crippen molar-refractivity contribution in [1.29, 1.82) is 0 Å². The van der Waals surface area contributed by atoms with Crippen LogP contribution in [-0.4, -0.2) is 16.2 Å². The second-order valence-corrected chi connectivity index (χ2v) is 2.05. The summed E-state index contributed by atoms with van der Waals surface area (Å²) in [6, 6.07) is 1.70. The number of hydrogen-bond donors (Lipinski definition) is 0. The number of hydrogen-bond acceptors (Lipinski definition) is 1. The topological polar surface area (TPSA) is 17.8 Å². The van der Waals surface area contributed by atoms with Crippen molar-refractivity contribution in [3.8, 4) is 0 Å². The predicted octanol–water partition coefficient (Wildman–Crippen LogP) is 2.48. The molecule has 0 aliphatic carbocycles. The highest BCUT2D eigenvalue weighted by Gasteiger charge is 2.04. The van der Waals surface area contributed by atoms with Crippen LogP contribution >= 0.6 is 0 Å². The summed E-state index contributed by atoms with van der Waals surface area (Å²) in [5.74, 6) is 0. The van der Waals surface area contributed by atoms with Crippen molar-refractivity contribution in [2.24, 2.45) is 0 Å². The third-order valence-corrected chi connectivity index (χ3v) is 1.24. The fourth-order valence-corrected chi connectivity index (χ4v) is 0.721. The van der Waals surface area contributed by atoms with Crippen molar-refractivity contribution in [3.05, 3.63) is 18.0 Å². The van der Waals surface area contributed by atoms with Crippen LogP contribution in [0.25, 0.3) is 0 Å². The molecule has 2 nitrogen and oxygen atoms in total. The van der Waals surface area contributed by atoms with E-state index in [4.69, 9.17) is 0 Å². The largest absolute Gasteiger partial charge is 0.264 e. The van der Waals surface area contributed by atoms with Gasteiger partial charge in [-0.15, -0.1) is 0 Å². The van der Waals surface area contributed by atoms with Crippen molar-refractivity contribution >= 4 is 0 Å². The van der Waals surface area contributed by atoms with Crippen molar-refractivity contribution in [2.45, 2.75) is 33.7 Å². The van der Waals surface area contributed by atoms with Gasteiger partial charge in [0.25, 0.3) is 6.43 Å². The number of halogens is 2. The van der Waals surface area contributed by atoms with Crippen LogP contribution in [0.5, 0.6) is 0 Å². The summed E-state index contributed by atoms with van der Waals surface area (Å²) in [5, 5.41) is 3.69. The molecule has 4 heteroatoms. The van der Waals surface area contributed by atoms with E-state index in [1.807, 2.05) is 13.8 Å². The van der Waals surface area contributed by atoms with Crippen molar-refractivity contribution in [2.75, 3.05) is 0 Å². The SMILES string of the molecule is CC.Cc1ccnn1CC(F)F. The zero-order valence-corrected chi connectivity index (χ0v) is 7.59. The molecule has 0 aliphatic rings. The van der Waals surface area contributed by atoms with E-state index >= 15 is 0 Å². The molecule has 0 fully saturated rings. The van der Waals surface area contributed by atoms with Crippen molar-refractivity contribution < 1.29 is 8.78 Å². The number of aromatic nitrogens is 2. The quantitative estimate of drug-likeness (QED) is 0.676. The molecule has 0 amide bonds. The van der Waals surface area contributed by atoms with Gasteiger partial charge < -0.3 is 0 Å². The maximum Gasteiger partial charge on any atom is 0.257 e. The lowest BCUT2D eigenvalue weighted by molar-refractivity contribution is 0.121. The Kier molecular flexibility index (Phi) is 5.25. The van der Waals surface area contributed by atoms with E-state index in [0.717, 1.165) is 5.69 Å². The number of alkyl halides is 2. The van der Waals surface area contributed by atoms with Crippen LogP contribution in [0.4, 0.5) is 8.78 Å². The summed E-state index contributed by atoms with van der Waals surface area (Å²) < 4.78 is 24.7. The van der Waals surface area contributed by atoms with Gasteiger partial charge in [0, 0.05) is 11.9 Å². The van der Waals surface area contributed by atoms with E-state index in [2.05, 4.69) is 5.10 Å². The molecule has 12 heavy (non-hydrogen) atoms. The molecule has 0 spiro atoms. The average molecular weight is 176 g/mol. The Hall–Kier alpha value is -0.930. The maximum atomic E-state index is 11.7. The Bertz CT molecular complexity index is 209. The van der Waals surface area contributed by atoms with Gasteiger partial charge in [0.15, 0.2) is 0 Å². The lowest BCUT2D eigenvalue weighted by Gasteiger charge is -2.00. The number of nitrogens with zero attached hydrogens (tertiary/aromatic N) is 2. The van der Waals surface area contributed by atoms with E-state index in [9.17, 15) is 8.78 Å². The first kappa shape index (κ1) is 11.1. The van der Waals surface area contributed by atoms with Gasteiger partial charge in [0.05, 0.1) is 0 Å². The van der Waals surface area contributed by atoms with Crippen LogP contribution in [0, 0.1) is 6.92 Å². The zero-order chi connectivity index (χ0) is 9.56. The molecule has 1 aromatic heterocycles. The third kappa shape index (κ3) is 3.46. The summed E-state index contributed by atoms with van der Waals surface area (Å²) in [4.78, 5) is 0. The smallest absolute Gasteiger partial charge is 0.257 e. The molecule has 1 rings (SSSR count). The van der Waals surface area contributed by atoms with Gasteiger partial charge in [-0.2, -0.15) is 5.10 Å². The minimum Gasteiger partial charge on any atom is -0.264 e. The fourth-order valence-electron chi connectivity index (χ4n) is 0.721. The molecular weight excluding hydrogens is 162 g/mol. The first-order valence-electron chi connectivity index (χ1n) is 3.96. The molecule has 0 N–H and O–H groups in total. The van der Waals surface area contributed by atoms with Gasteiger partial charge in [-0.3, -0.25) is 4.68 Å². The number of aryl methyl sites for hydroxylation is 1. The molecule has 0 aromatic carbocycles. The predicted molar refractivity (Wildman–Crippen MR) is 44.3 cm³/mol. The Morgan fingerprint density at radius 1 is 1.50 bits per heavy atom. The summed E-state index contributed by atoms with van der Waals surface area (Å²) >= 11 is 0. The second kappa shape index (κ2) is 5.69. The first-order valence-corrected chi connectivity index (χ1v) is 3.96. The zero-order valence-electron chi connectivity index (χ0n) is 7.59. The van der Waals surface area contributed by atoms with Crippen LogP contribution in [0.3, 0.4) is 0 Å². The fraction of sp³-hybridized carbons (Fsp3) is 0.625. The van der Waals surface area contributed by atoms with Crippen LogP contribution in [0.15, 0.2) is 12.3 Å². The van der Waals surface area contributed by atoms with Crippen LogP contribution in [0.1, 0.15) is 19.5 Å². The van der Waals surface area contributed by atoms with E-state index in [0.29, 0.717) is 0 Å². The third-order valence-electron chi connectivity index (χ3n) is 1.24. The molecule has 1 heterocycles. The molecule has 0 saturated heterocycles. The summed E-state index contributed by atoms with van der Waals surface area (Å²) in [5.41, 5.74) is 0.764. The summed E-state index contributed by atoms with van der Waals surface area (Å²) in [6.45, 7) is 5.44. The molecule has 1 aromatic rings. The number of rotatable bonds is 2. The maximum absolute atomic E-state index is 11.7. The lowest BCUT2D eigenvalue weighted by atomic mass is 10.5. The second-order valence-electron chi connectivity index (χ2n) is 2.05. The molecular formula is C8H14F2N2. The molecule has 0 radical (unpaired) electrons. The summed E-state index contributed by atoms with van der Waals surface area (Å²) in [7, 11) is 0. The van der Waals surface area contributed by atoms with Gasteiger partial charge in [-0.1, -0.05) is 13.8 Å². The highest BCUT2D eigenvalue weighted by Crippen LogP contribution is 2.00. The molecule has 0 unspecified atom stereocenters. The van der Waals surface area contributed by atoms with Gasteiger partial charge in [-0.25, -0.2) is 8.78 Å². The minimum atomic E-state index is -2.32. The van der Waals surface area contributed by atoms with E-state index in [1.165, 1.54) is 10.9 Å². The monoisotopic (exact) mass is 176 g/mol. The van der Waals surface area contributed by atoms with Crippen LogP contribution < -0.4 is 0 Å². The molecule has 0 atom stereocenters. The van der Waals surface area contributed by atoms with Crippen LogP contribution in [0.2, 0.25) is 0 Å². The van der Waals surface area contributed by atoms with Crippen molar-refractivity contribution in [1.82, 2.24) is 9.78 Å². The van der Waals surface area contributed by atoms with Crippen LogP contribution in [-0.2, 0) is 6.54 Å². The molecule has 0 bridgehead atoms. The van der Waals surface area contributed by atoms with Gasteiger partial charge in [0.1, 0.15) is 6.54 Å². The molecule has 0 aliphatic heterocycles. The average Bonchev–Trinajstić information content (AvgIpc) is 2.40. The van der Waals surface area contributed by atoms with Gasteiger partial charge in [-0.05, 0) is 13.0 Å². The standard InChI is InChI=1S/C6H8F2N2.C2H6/c1-5-2-3-9-10(5)4-6(7)8;1-2/h2-3,6H,4H2,1H3;1-2H3. The Morgan fingerprint density at radius 2 is 2.08 bits per heavy atom. The highest BCUT2D eigenvalue weighted by atomic mass is 19.3. The summed E-state index contributed by atoms with van der Waals surface area (Å²) in [6.07, 6.45) is -0.809. The molecule has 70 valence electrons. The first-order chi connectivity index (χ1) is 5.70. The minimum absolute atomic E-state index is 0.307. The van der Waals surface area contributed by atoms with Crippen molar-refractivity contribution in [3.63, 3.8) is 0 Å². The Morgan fingerprint density at radius 3 is 2.42 bits per heavy atom. The normalized spacial score (nSPS) is 9.50. The van der Waals surface area contributed by atoms with E-state index in [-0.39, 0.29) is 6.54 Å². The van der Waals surface area contributed by atoms with E-state index in [1.54, 1.807) is 13.0 Å². The highest BCUT2D eigenvalue weighted by molar-refractivity contribution is 4.96. The van der Waals surface area contributed by atoms with Gasteiger partial charge >= 0.3 is 0 Å². The Balaban J connectivity index is 0.000000561. The van der Waals surface area contributed by atoms with E-state index < -0.39 is 6.43 Å². The van der Waals surface area contributed by atoms with Gasteiger partial charge in [0.2, 0.25) is 0 Å². The lowest BCUT2D eigenvalue weighted by Crippen LogP contribution is -2.09. The molecule has 0 saturated carbocycles. The Labute approximate surface area is 71.2 Å².